The summed E-state index contributed by atoms with van der Waals surface area (Å²) in [4.78, 5) is 4.98. The molecule has 0 saturated heterocycles. The highest BCUT2D eigenvalue weighted by molar-refractivity contribution is 6.02. The third-order valence-corrected chi connectivity index (χ3v) is 6.92. The summed E-state index contributed by atoms with van der Waals surface area (Å²) in [6.07, 6.45) is 3.18. The molecule has 0 unspecified atom stereocenters. The average molecular weight is 521 g/mol. The Hall–Kier alpha value is -4.00. The van der Waals surface area contributed by atoms with Gasteiger partial charge in [0.25, 0.3) is 0 Å². The predicted molar refractivity (Wildman–Crippen MR) is 156 cm³/mol. The molecule has 6 nitrogen and oxygen atoms in total. The topological polar surface area (TPSA) is 65.1 Å². The number of nitrogens with one attached hydrogen (secondary N) is 1. The summed E-state index contributed by atoms with van der Waals surface area (Å²) in [5.74, 6) is 0. The Bertz CT molecular complexity index is 1540. The van der Waals surface area contributed by atoms with Gasteiger partial charge in [-0.1, -0.05) is 91.0 Å². The largest absolute Gasteiger partial charge is 0.353 e. The molecule has 0 amide bonds. The molecule has 0 fully saturated rings. The molecule has 39 heavy (non-hydrogen) atoms. The van der Waals surface area contributed by atoms with Crippen molar-refractivity contribution in [1.29, 1.82) is 5.41 Å². The van der Waals surface area contributed by atoms with E-state index >= 15 is 0 Å². The highest BCUT2D eigenvalue weighted by Gasteiger charge is 2.23. The highest BCUT2D eigenvalue weighted by atomic mass is 16.7. The van der Waals surface area contributed by atoms with E-state index in [1.165, 1.54) is 5.56 Å². The lowest BCUT2D eigenvalue weighted by molar-refractivity contribution is -0.140. The van der Waals surface area contributed by atoms with Crippen molar-refractivity contribution < 1.29 is 9.47 Å². The molecule has 1 N–H and O–H groups in total. The molecule has 0 bridgehead atoms. The second-order valence-corrected chi connectivity index (χ2v) is 9.50. The van der Waals surface area contributed by atoms with Gasteiger partial charge < -0.3 is 18.6 Å². The summed E-state index contributed by atoms with van der Waals surface area (Å²) in [5, 5.41) is 10.2. The number of hydrogen-bond donors (Lipinski definition) is 1. The number of nitrogens with zero attached hydrogens (tertiary/aromatic N) is 3. The van der Waals surface area contributed by atoms with Gasteiger partial charge in [-0.2, -0.15) is 0 Å². The fourth-order valence-electron chi connectivity index (χ4n) is 5.18. The zero-order valence-corrected chi connectivity index (χ0v) is 22.7. The molecule has 2 heterocycles. The molecular weight excluding hydrogens is 484 g/mol. The molecular formula is C33H36N4O2. The van der Waals surface area contributed by atoms with E-state index in [1.807, 2.05) is 42.9 Å². The van der Waals surface area contributed by atoms with E-state index < -0.39 is 0 Å². The number of ether oxygens (including phenoxy) is 2. The first-order valence-corrected chi connectivity index (χ1v) is 13.8. The summed E-state index contributed by atoms with van der Waals surface area (Å²) in [5.41, 5.74) is 6.77. The van der Waals surface area contributed by atoms with Crippen LogP contribution in [0.25, 0.3) is 33.4 Å². The molecule has 0 aliphatic rings. The molecule has 0 aliphatic heterocycles. The highest BCUT2D eigenvalue weighted by Crippen LogP contribution is 2.39. The average Bonchev–Trinajstić information content (AvgIpc) is 3.30. The fourth-order valence-corrected chi connectivity index (χ4v) is 5.18. The van der Waals surface area contributed by atoms with Gasteiger partial charge in [-0.25, -0.2) is 4.98 Å². The van der Waals surface area contributed by atoms with Gasteiger partial charge in [0.15, 0.2) is 6.29 Å². The van der Waals surface area contributed by atoms with E-state index in [0.717, 1.165) is 46.3 Å². The predicted octanol–water partition coefficient (Wildman–Crippen LogP) is 6.88. The smallest absolute Gasteiger partial charge is 0.157 e. The third-order valence-electron chi connectivity index (χ3n) is 6.92. The number of aryl methyl sites for hydroxylation is 1. The quantitative estimate of drug-likeness (QED) is 0.182. The molecule has 0 atom stereocenters. The minimum absolute atomic E-state index is 0.219. The Morgan fingerprint density at radius 3 is 2.00 bits per heavy atom. The van der Waals surface area contributed by atoms with E-state index in [-0.39, 0.29) is 6.29 Å². The minimum atomic E-state index is -0.219. The van der Waals surface area contributed by atoms with Crippen LogP contribution in [0, 0.1) is 5.41 Å². The number of aromatic nitrogens is 3. The van der Waals surface area contributed by atoms with Crippen LogP contribution in [0.1, 0.15) is 32.3 Å². The monoisotopic (exact) mass is 520 g/mol. The van der Waals surface area contributed by atoms with Gasteiger partial charge in [-0.3, -0.25) is 5.41 Å². The zero-order chi connectivity index (χ0) is 27.0. The first-order chi connectivity index (χ1) is 19.2. The second kappa shape index (κ2) is 12.7. The Balaban J connectivity index is 1.66. The van der Waals surface area contributed by atoms with Gasteiger partial charge in [0.1, 0.15) is 11.1 Å². The van der Waals surface area contributed by atoms with Crippen LogP contribution < -0.4 is 5.49 Å². The Morgan fingerprint density at radius 2 is 1.38 bits per heavy atom. The van der Waals surface area contributed by atoms with E-state index in [4.69, 9.17) is 14.5 Å². The molecule has 0 spiro atoms. The van der Waals surface area contributed by atoms with Gasteiger partial charge in [0.05, 0.1) is 17.4 Å². The summed E-state index contributed by atoms with van der Waals surface area (Å²) < 4.78 is 15.7. The van der Waals surface area contributed by atoms with Crippen molar-refractivity contribution in [3.63, 3.8) is 0 Å². The number of rotatable bonds is 12. The summed E-state index contributed by atoms with van der Waals surface area (Å²) in [6, 6.07) is 31.3. The fraction of sp³-hybridized carbons (Fsp3) is 0.273. The molecule has 5 aromatic rings. The van der Waals surface area contributed by atoms with Crippen molar-refractivity contribution >= 4 is 11.0 Å². The van der Waals surface area contributed by atoms with Crippen molar-refractivity contribution in [2.24, 2.45) is 0 Å². The third kappa shape index (κ3) is 5.87. The van der Waals surface area contributed by atoms with Crippen molar-refractivity contribution in [2.75, 3.05) is 13.2 Å². The van der Waals surface area contributed by atoms with E-state index in [0.29, 0.717) is 31.8 Å². The van der Waals surface area contributed by atoms with Crippen LogP contribution in [0.5, 0.6) is 0 Å². The van der Waals surface area contributed by atoms with Crippen LogP contribution in [0.4, 0.5) is 0 Å². The van der Waals surface area contributed by atoms with Crippen LogP contribution in [0.3, 0.4) is 0 Å². The molecule has 0 aliphatic carbocycles. The van der Waals surface area contributed by atoms with Gasteiger partial charge >= 0.3 is 0 Å². The SMILES string of the molecule is CCOC(CCCn1cnc2c(c(-c3ccccc3)c(-c3ccccc3)n2Cc2ccccc2)c1=N)OCC. The van der Waals surface area contributed by atoms with Gasteiger partial charge in [-0.05, 0) is 37.0 Å². The Kier molecular flexibility index (Phi) is 8.66. The van der Waals surface area contributed by atoms with Crippen molar-refractivity contribution in [1.82, 2.24) is 14.1 Å². The van der Waals surface area contributed by atoms with Gasteiger partial charge in [0.2, 0.25) is 0 Å². The van der Waals surface area contributed by atoms with E-state index in [2.05, 4.69) is 77.4 Å². The normalized spacial score (nSPS) is 11.5. The van der Waals surface area contributed by atoms with Crippen molar-refractivity contribution in [2.45, 2.75) is 46.1 Å². The summed E-state index contributed by atoms with van der Waals surface area (Å²) >= 11 is 0. The number of benzene rings is 3. The maximum atomic E-state index is 9.38. The molecule has 5 rings (SSSR count). The van der Waals surface area contributed by atoms with Crippen molar-refractivity contribution in [3.8, 4) is 22.4 Å². The first kappa shape index (κ1) is 26.6. The second-order valence-electron chi connectivity index (χ2n) is 9.50. The number of hydrogen-bond acceptors (Lipinski definition) is 4. The van der Waals surface area contributed by atoms with Gasteiger partial charge in [0, 0.05) is 38.3 Å². The molecule has 0 saturated carbocycles. The summed E-state index contributed by atoms with van der Waals surface area (Å²) in [7, 11) is 0. The molecule has 6 heteroatoms. The van der Waals surface area contributed by atoms with Crippen LogP contribution in [0.2, 0.25) is 0 Å². The minimum Gasteiger partial charge on any atom is -0.353 e. The number of fused-ring (bicyclic) bond motifs is 1. The summed E-state index contributed by atoms with van der Waals surface area (Å²) in [6.45, 7) is 6.53. The zero-order valence-electron chi connectivity index (χ0n) is 22.7. The van der Waals surface area contributed by atoms with Crippen LogP contribution in [-0.2, 0) is 22.6 Å². The molecule has 200 valence electrons. The Labute approximate surface area is 230 Å². The standard InChI is InChI=1S/C33H36N4O2/c1-3-38-28(39-4-2)21-14-22-36-24-35-33-30(32(36)34)29(26-17-10-6-11-18-26)31(27-19-12-7-13-20-27)37(33)23-25-15-8-5-9-16-25/h5-13,15-20,24,28,34H,3-4,14,21-23H2,1-2H3. The lowest BCUT2D eigenvalue weighted by Gasteiger charge is -2.17. The van der Waals surface area contributed by atoms with E-state index in [1.54, 1.807) is 0 Å². The lowest BCUT2D eigenvalue weighted by atomic mass is 9.99. The molecule has 2 aromatic heterocycles. The lowest BCUT2D eigenvalue weighted by Crippen LogP contribution is -2.23. The van der Waals surface area contributed by atoms with E-state index in [9.17, 15) is 5.41 Å². The van der Waals surface area contributed by atoms with Crippen molar-refractivity contribution in [3.05, 3.63) is 108 Å². The maximum absolute atomic E-state index is 9.38. The maximum Gasteiger partial charge on any atom is 0.157 e. The molecule has 3 aromatic carbocycles. The van der Waals surface area contributed by atoms with Crippen LogP contribution >= 0.6 is 0 Å². The Morgan fingerprint density at radius 1 is 0.795 bits per heavy atom. The first-order valence-electron chi connectivity index (χ1n) is 13.8. The van der Waals surface area contributed by atoms with Gasteiger partial charge in [-0.15, -0.1) is 0 Å². The van der Waals surface area contributed by atoms with Crippen LogP contribution in [-0.4, -0.2) is 33.6 Å². The molecule has 0 radical (unpaired) electrons. The van der Waals surface area contributed by atoms with Crippen LogP contribution in [0.15, 0.2) is 97.3 Å².